The Morgan fingerprint density at radius 2 is 1.91 bits per heavy atom. The number of aryl methyl sites for hydroxylation is 1. The number of aromatic amines is 1. The van der Waals surface area contributed by atoms with Crippen molar-refractivity contribution in [3.63, 3.8) is 0 Å². The summed E-state index contributed by atoms with van der Waals surface area (Å²) in [6, 6.07) is 8.09. The number of anilines is 2. The van der Waals surface area contributed by atoms with Gasteiger partial charge in [0, 0.05) is 18.8 Å². The molecule has 2 rings (SSSR count). The third kappa shape index (κ3) is 3.91. The number of benzene rings is 1. The molecule has 0 bridgehead atoms. The maximum Gasteiger partial charge on any atom is 0.274 e. The van der Waals surface area contributed by atoms with Crippen LogP contribution in [-0.4, -0.2) is 34.5 Å². The maximum absolute atomic E-state index is 11.4. The Morgan fingerprint density at radius 3 is 2.50 bits per heavy atom. The highest BCUT2D eigenvalue weighted by molar-refractivity contribution is 5.80. The van der Waals surface area contributed by atoms with Crippen LogP contribution in [0.3, 0.4) is 0 Å². The summed E-state index contributed by atoms with van der Waals surface area (Å²) in [7, 11) is 0. The van der Waals surface area contributed by atoms with Crippen LogP contribution in [0, 0.1) is 6.92 Å². The topological polar surface area (TPSA) is 86.3 Å². The Morgan fingerprint density at radius 1 is 1.23 bits per heavy atom. The van der Waals surface area contributed by atoms with E-state index in [-0.39, 0.29) is 11.5 Å². The SMILES string of the molecule is CCN(CC)c1ccc(/C=N/Nc2nnc(C)c(=O)[nH]2)cc1. The molecule has 7 heteroatoms. The molecule has 1 aromatic heterocycles. The zero-order valence-corrected chi connectivity index (χ0v) is 13.0. The summed E-state index contributed by atoms with van der Waals surface area (Å²) in [6.45, 7) is 7.81. The fraction of sp³-hybridized carbons (Fsp3) is 0.333. The second-order valence-electron chi connectivity index (χ2n) is 4.72. The van der Waals surface area contributed by atoms with Crippen LogP contribution < -0.4 is 15.9 Å². The summed E-state index contributed by atoms with van der Waals surface area (Å²) in [5.41, 5.74) is 4.82. The van der Waals surface area contributed by atoms with E-state index in [0.29, 0.717) is 5.69 Å². The van der Waals surface area contributed by atoms with E-state index in [2.05, 4.69) is 56.6 Å². The summed E-state index contributed by atoms with van der Waals surface area (Å²) in [6.07, 6.45) is 1.66. The van der Waals surface area contributed by atoms with Gasteiger partial charge in [-0.15, -0.1) is 10.2 Å². The van der Waals surface area contributed by atoms with Gasteiger partial charge in [-0.3, -0.25) is 9.78 Å². The quantitative estimate of drug-likeness (QED) is 0.627. The molecule has 0 fully saturated rings. The van der Waals surface area contributed by atoms with Crippen molar-refractivity contribution >= 4 is 17.9 Å². The fourth-order valence-electron chi connectivity index (χ4n) is 1.97. The lowest BCUT2D eigenvalue weighted by molar-refractivity contribution is 0.866. The predicted molar refractivity (Wildman–Crippen MR) is 88.6 cm³/mol. The number of rotatable bonds is 6. The molecule has 0 radical (unpaired) electrons. The average Bonchev–Trinajstić information content (AvgIpc) is 2.53. The highest BCUT2D eigenvalue weighted by atomic mass is 16.1. The lowest BCUT2D eigenvalue weighted by Crippen LogP contribution is -2.21. The van der Waals surface area contributed by atoms with Crippen molar-refractivity contribution in [2.45, 2.75) is 20.8 Å². The standard InChI is InChI=1S/C15H20N6O/c1-4-21(5-2)13-8-6-12(7-9-13)10-16-19-15-17-14(22)11(3)18-20-15/h6-10H,4-5H2,1-3H3,(H2,17,19,20,22)/b16-10+. The van der Waals surface area contributed by atoms with Gasteiger partial charge in [0.1, 0.15) is 5.69 Å². The largest absolute Gasteiger partial charge is 0.372 e. The number of nitrogens with one attached hydrogen (secondary N) is 2. The van der Waals surface area contributed by atoms with Crippen molar-refractivity contribution in [1.29, 1.82) is 0 Å². The number of H-pyrrole nitrogens is 1. The first-order valence-electron chi connectivity index (χ1n) is 7.21. The Hall–Kier alpha value is -2.70. The fourth-order valence-corrected chi connectivity index (χ4v) is 1.97. The van der Waals surface area contributed by atoms with Gasteiger partial charge in [0.25, 0.3) is 5.56 Å². The molecule has 0 amide bonds. The van der Waals surface area contributed by atoms with E-state index in [4.69, 9.17) is 0 Å². The van der Waals surface area contributed by atoms with E-state index in [1.54, 1.807) is 13.1 Å². The molecular weight excluding hydrogens is 280 g/mol. The molecule has 0 saturated heterocycles. The minimum atomic E-state index is -0.281. The van der Waals surface area contributed by atoms with Gasteiger partial charge in [-0.05, 0) is 38.5 Å². The van der Waals surface area contributed by atoms with Crippen molar-refractivity contribution in [2.24, 2.45) is 5.10 Å². The monoisotopic (exact) mass is 300 g/mol. The van der Waals surface area contributed by atoms with Gasteiger partial charge in [-0.2, -0.15) is 5.10 Å². The van der Waals surface area contributed by atoms with E-state index in [1.165, 1.54) is 5.69 Å². The number of aromatic nitrogens is 3. The molecule has 0 aliphatic heterocycles. The Labute approximate surface area is 129 Å². The summed E-state index contributed by atoms with van der Waals surface area (Å²) in [5, 5.41) is 11.5. The molecule has 1 heterocycles. The zero-order chi connectivity index (χ0) is 15.9. The number of nitrogens with zero attached hydrogens (tertiary/aromatic N) is 4. The van der Waals surface area contributed by atoms with E-state index in [9.17, 15) is 4.79 Å². The second-order valence-corrected chi connectivity index (χ2v) is 4.72. The lowest BCUT2D eigenvalue weighted by atomic mass is 10.2. The van der Waals surface area contributed by atoms with Crippen LogP contribution in [0.15, 0.2) is 34.2 Å². The first-order chi connectivity index (χ1) is 10.6. The first kappa shape index (κ1) is 15.7. The Balaban J connectivity index is 2.01. The van der Waals surface area contributed by atoms with Crippen LogP contribution in [0.1, 0.15) is 25.1 Å². The summed E-state index contributed by atoms with van der Waals surface area (Å²) < 4.78 is 0. The van der Waals surface area contributed by atoms with Crippen molar-refractivity contribution < 1.29 is 0 Å². The van der Waals surface area contributed by atoms with Crippen molar-refractivity contribution in [2.75, 3.05) is 23.4 Å². The van der Waals surface area contributed by atoms with Crippen molar-refractivity contribution in [1.82, 2.24) is 15.2 Å². The number of hydrogen-bond acceptors (Lipinski definition) is 6. The minimum absolute atomic E-state index is 0.214. The van der Waals surface area contributed by atoms with E-state index in [0.717, 1.165) is 18.7 Å². The van der Waals surface area contributed by atoms with Crippen molar-refractivity contribution in [3.8, 4) is 0 Å². The van der Waals surface area contributed by atoms with Crippen LogP contribution in [0.4, 0.5) is 11.6 Å². The molecule has 0 spiro atoms. The van der Waals surface area contributed by atoms with Gasteiger partial charge in [0.2, 0.25) is 5.95 Å². The van der Waals surface area contributed by atoms with E-state index < -0.39 is 0 Å². The average molecular weight is 300 g/mol. The van der Waals surface area contributed by atoms with Crippen molar-refractivity contribution in [3.05, 3.63) is 45.9 Å². The maximum atomic E-state index is 11.4. The lowest BCUT2D eigenvalue weighted by Gasteiger charge is -2.20. The van der Waals surface area contributed by atoms with Gasteiger partial charge in [0.15, 0.2) is 0 Å². The molecule has 0 saturated carbocycles. The third-order valence-electron chi connectivity index (χ3n) is 3.27. The Kier molecular flexibility index (Phi) is 5.24. The minimum Gasteiger partial charge on any atom is -0.372 e. The number of hydrazone groups is 1. The molecule has 2 aromatic rings. The van der Waals surface area contributed by atoms with Crippen LogP contribution in [0.5, 0.6) is 0 Å². The summed E-state index contributed by atoms with van der Waals surface area (Å²) in [4.78, 5) is 16.2. The molecular formula is C15H20N6O. The normalized spacial score (nSPS) is 10.9. The molecule has 1 aromatic carbocycles. The highest BCUT2D eigenvalue weighted by Gasteiger charge is 2.00. The van der Waals surface area contributed by atoms with Crippen LogP contribution in [0.25, 0.3) is 0 Å². The highest BCUT2D eigenvalue weighted by Crippen LogP contribution is 2.13. The van der Waals surface area contributed by atoms with Crippen LogP contribution in [-0.2, 0) is 0 Å². The van der Waals surface area contributed by atoms with Crippen LogP contribution >= 0.6 is 0 Å². The van der Waals surface area contributed by atoms with E-state index in [1.807, 2.05) is 12.1 Å². The molecule has 0 unspecified atom stereocenters. The molecule has 2 N–H and O–H groups in total. The smallest absolute Gasteiger partial charge is 0.274 e. The molecule has 116 valence electrons. The zero-order valence-electron chi connectivity index (χ0n) is 13.0. The van der Waals surface area contributed by atoms with Gasteiger partial charge < -0.3 is 4.90 Å². The molecule has 0 aliphatic carbocycles. The van der Waals surface area contributed by atoms with Gasteiger partial charge in [-0.25, -0.2) is 5.43 Å². The molecule has 0 atom stereocenters. The van der Waals surface area contributed by atoms with Gasteiger partial charge in [-0.1, -0.05) is 12.1 Å². The second kappa shape index (κ2) is 7.35. The Bertz CT molecular complexity index is 688. The summed E-state index contributed by atoms with van der Waals surface area (Å²) >= 11 is 0. The summed E-state index contributed by atoms with van der Waals surface area (Å²) in [5.74, 6) is 0.214. The molecule has 7 nitrogen and oxygen atoms in total. The van der Waals surface area contributed by atoms with Crippen LogP contribution in [0.2, 0.25) is 0 Å². The third-order valence-corrected chi connectivity index (χ3v) is 3.27. The van der Waals surface area contributed by atoms with Gasteiger partial charge in [0.05, 0.1) is 6.21 Å². The molecule has 0 aliphatic rings. The predicted octanol–water partition coefficient (Wildman–Crippen LogP) is 1.77. The van der Waals surface area contributed by atoms with E-state index >= 15 is 0 Å². The molecule has 22 heavy (non-hydrogen) atoms. The first-order valence-corrected chi connectivity index (χ1v) is 7.21. The number of hydrogen-bond donors (Lipinski definition) is 2. The van der Waals surface area contributed by atoms with Gasteiger partial charge >= 0.3 is 0 Å².